The van der Waals surface area contributed by atoms with E-state index in [4.69, 9.17) is 4.74 Å². The molecule has 1 heterocycles. The minimum atomic E-state index is -0.316. The Balaban J connectivity index is 1.46. The summed E-state index contributed by atoms with van der Waals surface area (Å²) < 4.78 is 5.79. The maximum absolute atomic E-state index is 12.9. The van der Waals surface area contributed by atoms with E-state index in [9.17, 15) is 9.90 Å². The van der Waals surface area contributed by atoms with Crippen molar-refractivity contribution in [1.29, 1.82) is 0 Å². The van der Waals surface area contributed by atoms with Crippen LogP contribution in [0.2, 0.25) is 0 Å². The van der Waals surface area contributed by atoms with Crippen molar-refractivity contribution in [3.05, 3.63) is 137 Å². The quantitative estimate of drug-likeness (QED) is 0.499. The molecule has 1 aliphatic heterocycles. The maximum atomic E-state index is 12.9. The van der Waals surface area contributed by atoms with Gasteiger partial charge < -0.3 is 20.5 Å². The van der Waals surface area contributed by atoms with Gasteiger partial charge in [-0.3, -0.25) is 4.79 Å². The number of nitrogens with one attached hydrogen (secondary N) is 2. The predicted octanol–water partition coefficient (Wildman–Crippen LogP) is 5.01. The fourth-order valence-electron chi connectivity index (χ4n) is 3.31. The molecule has 5 heteroatoms. The van der Waals surface area contributed by atoms with Crippen LogP contribution in [-0.2, 0) is 13.0 Å². The molecule has 0 bridgehead atoms. The first kappa shape index (κ1) is 21.0. The Kier molecular flexibility index (Phi) is 6.68. The van der Waals surface area contributed by atoms with Gasteiger partial charge in [-0.05, 0) is 47.5 Å². The third kappa shape index (κ3) is 5.46. The molecule has 1 aliphatic rings. The number of carbonyl (C=O) groups is 1. The SMILES string of the molecule is O=C(NC1=C(Cc2ccccc2)NC=CC=C1O)c1ccc(OCc2ccccc2)cc1. The van der Waals surface area contributed by atoms with E-state index < -0.39 is 0 Å². The highest BCUT2D eigenvalue weighted by molar-refractivity contribution is 5.95. The lowest BCUT2D eigenvalue weighted by molar-refractivity contribution is 0.0963. The van der Waals surface area contributed by atoms with Crippen LogP contribution < -0.4 is 15.4 Å². The standard InChI is InChI=1S/C27H24N2O3/c30-25-12-7-17-28-24(18-20-8-3-1-4-9-20)26(25)29-27(31)22-13-15-23(16-14-22)32-19-21-10-5-2-6-11-21/h1-17,28,30H,18-19H2,(H,29,31). The van der Waals surface area contributed by atoms with Gasteiger partial charge >= 0.3 is 0 Å². The molecule has 0 aromatic heterocycles. The van der Waals surface area contributed by atoms with Crippen LogP contribution in [0, 0.1) is 0 Å². The lowest BCUT2D eigenvalue weighted by Gasteiger charge is -2.16. The average Bonchev–Trinajstić information content (AvgIpc) is 3.00. The smallest absolute Gasteiger partial charge is 0.255 e. The van der Waals surface area contributed by atoms with Crippen molar-refractivity contribution in [2.75, 3.05) is 0 Å². The van der Waals surface area contributed by atoms with E-state index >= 15 is 0 Å². The van der Waals surface area contributed by atoms with Crippen molar-refractivity contribution in [2.45, 2.75) is 13.0 Å². The Morgan fingerprint density at radius 3 is 2.22 bits per heavy atom. The number of benzene rings is 3. The summed E-state index contributed by atoms with van der Waals surface area (Å²) in [5, 5.41) is 16.5. The summed E-state index contributed by atoms with van der Waals surface area (Å²) in [6.45, 7) is 0.458. The summed E-state index contributed by atoms with van der Waals surface area (Å²) in [4.78, 5) is 12.9. The third-order valence-electron chi connectivity index (χ3n) is 4.99. The normalized spacial score (nSPS) is 13.1. The lowest BCUT2D eigenvalue weighted by atomic mass is 10.1. The Hall–Kier alpha value is -4.25. The van der Waals surface area contributed by atoms with E-state index in [1.54, 1.807) is 42.6 Å². The van der Waals surface area contributed by atoms with Gasteiger partial charge in [0.05, 0.1) is 0 Å². The zero-order valence-electron chi connectivity index (χ0n) is 17.5. The second-order valence-corrected chi connectivity index (χ2v) is 7.32. The van der Waals surface area contributed by atoms with Crippen LogP contribution in [0.3, 0.4) is 0 Å². The summed E-state index contributed by atoms with van der Waals surface area (Å²) in [6.07, 6.45) is 5.50. The number of amides is 1. The number of carbonyl (C=O) groups excluding carboxylic acids is 1. The Bertz CT molecular complexity index is 1150. The largest absolute Gasteiger partial charge is 0.506 e. The van der Waals surface area contributed by atoms with Gasteiger partial charge in [0.1, 0.15) is 23.8 Å². The predicted molar refractivity (Wildman–Crippen MR) is 125 cm³/mol. The van der Waals surface area contributed by atoms with E-state index in [0.717, 1.165) is 11.1 Å². The van der Waals surface area contributed by atoms with Crippen molar-refractivity contribution in [3.8, 4) is 5.75 Å². The number of aliphatic hydroxyl groups is 1. The van der Waals surface area contributed by atoms with Crippen molar-refractivity contribution in [3.63, 3.8) is 0 Å². The Labute approximate surface area is 187 Å². The van der Waals surface area contributed by atoms with Gasteiger partial charge in [0, 0.05) is 23.9 Å². The number of hydrogen-bond acceptors (Lipinski definition) is 4. The number of ether oxygens (including phenoxy) is 1. The molecular formula is C27H24N2O3. The highest BCUT2D eigenvalue weighted by atomic mass is 16.5. The number of hydrogen-bond donors (Lipinski definition) is 3. The van der Waals surface area contributed by atoms with Crippen molar-refractivity contribution < 1.29 is 14.6 Å². The van der Waals surface area contributed by atoms with E-state index in [0.29, 0.717) is 35.7 Å². The van der Waals surface area contributed by atoms with E-state index in [-0.39, 0.29) is 11.7 Å². The Morgan fingerprint density at radius 2 is 1.53 bits per heavy atom. The van der Waals surface area contributed by atoms with Gasteiger partial charge in [-0.25, -0.2) is 0 Å². The molecule has 5 nitrogen and oxygen atoms in total. The fourth-order valence-corrected chi connectivity index (χ4v) is 3.31. The summed E-state index contributed by atoms with van der Waals surface area (Å²) >= 11 is 0. The highest BCUT2D eigenvalue weighted by Gasteiger charge is 2.17. The fraction of sp³-hybridized carbons (Fsp3) is 0.0741. The highest BCUT2D eigenvalue weighted by Crippen LogP contribution is 2.18. The Morgan fingerprint density at radius 1 is 0.875 bits per heavy atom. The molecule has 0 radical (unpaired) electrons. The molecule has 0 atom stereocenters. The molecule has 32 heavy (non-hydrogen) atoms. The minimum absolute atomic E-state index is 0.00616. The van der Waals surface area contributed by atoms with Crippen LogP contribution in [0.15, 0.2) is 120 Å². The van der Waals surface area contributed by atoms with Crippen LogP contribution in [0.25, 0.3) is 0 Å². The zero-order chi connectivity index (χ0) is 22.2. The number of aliphatic hydroxyl groups excluding tert-OH is 1. The zero-order valence-corrected chi connectivity index (χ0v) is 17.5. The second-order valence-electron chi connectivity index (χ2n) is 7.32. The molecule has 160 valence electrons. The third-order valence-corrected chi connectivity index (χ3v) is 4.99. The van der Waals surface area contributed by atoms with Crippen molar-refractivity contribution in [1.82, 2.24) is 10.6 Å². The molecule has 0 aliphatic carbocycles. The van der Waals surface area contributed by atoms with Crippen molar-refractivity contribution >= 4 is 5.91 Å². The van der Waals surface area contributed by atoms with Crippen LogP contribution in [0.5, 0.6) is 5.75 Å². The second kappa shape index (κ2) is 10.2. The van der Waals surface area contributed by atoms with Crippen LogP contribution >= 0.6 is 0 Å². The topological polar surface area (TPSA) is 70.6 Å². The summed E-state index contributed by atoms with van der Waals surface area (Å²) in [5.74, 6) is 0.356. The molecule has 0 spiro atoms. The summed E-state index contributed by atoms with van der Waals surface area (Å²) in [7, 11) is 0. The van der Waals surface area contributed by atoms with Gasteiger partial charge in [0.15, 0.2) is 0 Å². The van der Waals surface area contributed by atoms with Crippen LogP contribution in [0.4, 0.5) is 0 Å². The van der Waals surface area contributed by atoms with Gasteiger partial charge in [-0.1, -0.05) is 60.7 Å². The van der Waals surface area contributed by atoms with E-state index in [1.807, 2.05) is 60.7 Å². The maximum Gasteiger partial charge on any atom is 0.255 e. The summed E-state index contributed by atoms with van der Waals surface area (Å²) in [6, 6.07) is 26.7. The van der Waals surface area contributed by atoms with Gasteiger partial charge in [-0.15, -0.1) is 0 Å². The van der Waals surface area contributed by atoms with Crippen LogP contribution in [-0.4, -0.2) is 11.0 Å². The van der Waals surface area contributed by atoms with Gasteiger partial charge in [0.25, 0.3) is 5.91 Å². The lowest BCUT2D eigenvalue weighted by Crippen LogP contribution is -2.28. The first-order chi connectivity index (χ1) is 15.7. The molecular weight excluding hydrogens is 400 g/mol. The van der Waals surface area contributed by atoms with Gasteiger partial charge in [0.2, 0.25) is 0 Å². The molecule has 0 fully saturated rings. The number of allylic oxidation sites excluding steroid dienone is 3. The van der Waals surface area contributed by atoms with Crippen molar-refractivity contribution in [2.24, 2.45) is 0 Å². The number of rotatable bonds is 7. The molecule has 3 aromatic carbocycles. The molecule has 1 amide bonds. The van der Waals surface area contributed by atoms with Gasteiger partial charge in [-0.2, -0.15) is 0 Å². The first-order valence-electron chi connectivity index (χ1n) is 10.4. The molecule has 3 N–H and O–H groups in total. The first-order valence-corrected chi connectivity index (χ1v) is 10.4. The molecule has 0 saturated carbocycles. The van der Waals surface area contributed by atoms with Crippen LogP contribution in [0.1, 0.15) is 21.5 Å². The molecule has 0 saturated heterocycles. The summed E-state index contributed by atoms with van der Waals surface area (Å²) in [5.41, 5.74) is 3.66. The van der Waals surface area contributed by atoms with E-state index in [2.05, 4.69) is 10.6 Å². The molecule has 0 unspecified atom stereocenters. The monoisotopic (exact) mass is 424 g/mol. The minimum Gasteiger partial charge on any atom is -0.506 e. The average molecular weight is 425 g/mol. The molecule has 4 rings (SSSR count). The van der Waals surface area contributed by atoms with E-state index in [1.165, 1.54) is 0 Å². The molecule has 3 aromatic rings.